The molecule has 31 heavy (non-hydrogen) atoms. The molecule has 0 aliphatic heterocycles. The molecule has 0 saturated carbocycles. The molecule has 2 heterocycles. The van der Waals surface area contributed by atoms with Crippen molar-refractivity contribution in [2.24, 2.45) is 0 Å². The summed E-state index contributed by atoms with van der Waals surface area (Å²) in [4.78, 5) is 42.5. The van der Waals surface area contributed by atoms with Crippen LogP contribution < -0.4 is 10.9 Å². The Morgan fingerprint density at radius 1 is 1.10 bits per heavy atom. The predicted molar refractivity (Wildman–Crippen MR) is 116 cm³/mol. The number of hydrogen-bond acceptors (Lipinski definition) is 8. The van der Waals surface area contributed by atoms with E-state index in [0.29, 0.717) is 15.8 Å². The van der Waals surface area contributed by atoms with Gasteiger partial charge in [0.25, 0.3) is 11.5 Å². The first-order valence-corrected chi connectivity index (χ1v) is 10.1. The van der Waals surface area contributed by atoms with Gasteiger partial charge in [-0.15, -0.1) is 5.10 Å². The lowest BCUT2D eigenvalue weighted by atomic mass is 10.1. The van der Waals surface area contributed by atoms with Crippen LogP contribution in [0.4, 0.5) is 5.13 Å². The van der Waals surface area contributed by atoms with Crippen molar-refractivity contribution in [2.75, 3.05) is 12.4 Å². The van der Waals surface area contributed by atoms with Gasteiger partial charge in [-0.2, -0.15) is 4.68 Å². The van der Waals surface area contributed by atoms with Crippen LogP contribution >= 0.6 is 11.3 Å². The Hall–Kier alpha value is -3.92. The minimum absolute atomic E-state index is 0.101. The minimum atomic E-state index is -0.949. The molecule has 0 radical (unpaired) electrons. The molecule has 156 valence electrons. The number of hydrogen-bond donors (Lipinski definition) is 1. The third-order valence-electron chi connectivity index (χ3n) is 4.61. The Kier molecular flexibility index (Phi) is 5.54. The number of aromatic nitrogens is 4. The normalized spacial score (nSPS) is 11.8. The maximum Gasteiger partial charge on any atom is 0.358 e. The number of methoxy groups -OCH3 is 1. The first-order valence-electron chi connectivity index (χ1n) is 9.29. The van der Waals surface area contributed by atoms with E-state index in [9.17, 15) is 14.4 Å². The molecule has 0 unspecified atom stereocenters. The van der Waals surface area contributed by atoms with Crippen LogP contribution in [-0.4, -0.2) is 39.0 Å². The zero-order valence-corrected chi connectivity index (χ0v) is 17.4. The second-order valence-electron chi connectivity index (χ2n) is 6.58. The molecule has 2 aromatic heterocycles. The number of anilines is 1. The van der Waals surface area contributed by atoms with E-state index in [2.05, 4.69) is 20.6 Å². The van der Waals surface area contributed by atoms with Crippen molar-refractivity contribution in [3.05, 3.63) is 70.6 Å². The first-order chi connectivity index (χ1) is 15.0. The van der Waals surface area contributed by atoms with Gasteiger partial charge < -0.3 is 10.1 Å². The maximum absolute atomic E-state index is 12.8. The topological polar surface area (TPSA) is 116 Å². The van der Waals surface area contributed by atoms with Gasteiger partial charge in [0.1, 0.15) is 11.6 Å². The summed E-state index contributed by atoms with van der Waals surface area (Å²) in [5.74, 6) is -1.13. The van der Waals surface area contributed by atoms with E-state index in [1.165, 1.54) is 14.0 Å². The van der Waals surface area contributed by atoms with Crippen LogP contribution in [-0.2, 0) is 9.53 Å². The molecule has 0 bridgehead atoms. The van der Waals surface area contributed by atoms with E-state index in [-0.39, 0.29) is 10.8 Å². The molecule has 0 saturated heterocycles. The largest absolute Gasteiger partial charge is 0.464 e. The summed E-state index contributed by atoms with van der Waals surface area (Å²) in [5, 5.41) is 11.1. The van der Waals surface area contributed by atoms with Gasteiger partial charge in [-0.25, -0.2) is 9.78 Å². The smallest absolute Gasteiger partial charge is 0.358 e. The molecular weight excluding hydrogens is 418 g/mol. The van der Waals surface area contributed by atoms with Crippen molar-refractivity contribution in [1.29, 1.82) is 0 Å². The summed E-state index contributed by atoms with van der Waals surface area (Å²) in [6, 6.07) is 15.0. The van der Waals surface area contributed by atoms with Crippen molar-refractivity contribution in [3.63, 3.8) is 0 Å². The molecule has 10 heteroatoms. The SMILES string of the molecule is COC(=O)c1nc(NC(=O)[C@@H](C)n2nnc3ccccc3c2=O)sc1-c1ccccc1. The number of thiazole rings is 1. The Balaban J connectivity index is 1.64. The van der Waals surface area contributed by atoms with Crippen LogP contribution in [0.3, 0.4) is 0 Å². The molecule has 0 aliphatic rings. The lowest BCUT2D eigenvalue weighted by Crippen LogP contribution is -2.34. The number of carbonyl (C=O) groups is 2. The number of amides is 1. The molecule has 1 amide bonds. The van der Waals surface area contributed by atoms with Gasteiger partial charge in [0.05, 0.1) is 17.4 Å². The summed E-state index contributed by atoms with van der Waals surface area (Å²) >= 11 is 1.14. The first kappa shape index (κ1) is 20.4. The van der Waals surface area contributed by atoms with Gasteiger partial charge in [0.15, 0.2) is 10.8 Å². The molecule has 1 atom stereocenters. The molecule has 1 N–H and O–H groups in total. The van der Waals surface area contributed by atoms with Crippen LogP contribution in [0.2, 0.25) is 0 Å². The third-order valence-corrected chi connectivity index (χ3v) is 5.63. The van der Waals surface area contributed by atoms with Crippen LogP contribution in [0.15, 0.2) is 59.4 Å². The van der Waals surface area contributed by atoms with Gasteiger partial charge >= 0.3 is 5.97 Å². The molecule has 0 aliphatic carbocycles. The van der Waals surface area contributed by atoms with Crippen LogP contribution in [0, 0.1) is 0 Å². The summed E-state index contributed by atoms with van der Waals surface area (Å²) < 4.78 is 5.84. The van der Waals surface area contributed by atoms with E-state index in [1.54, 1.807) is 24.3 Å². The summed E-state index contributed by atoms with van der Waals surface area (Å²) in [6.07, 6.45) is 0. The second-order valence-corrected chi connectivity index (χ2v) is 7.57. The van der Waals surface area contributed by atoms with Crippen molar-refractivity contribution >= 4 is 39.2 Å². The molecule has 0 spiro atoms. The van der Waals surface area contributed by atoms with E-state index >= 15 is 0 Å². The molecule has 2 aromatic carbocycles. The highest BCUT2D eigenvalue weighted by atomic mass is 32.1. The summed E-state index contributed by atoms with van der Waals surface area (Å²) in [5.41, 5.74) is 0.897. The molecule has 0 fully saturated rings. The van der Waals surface area contributed by atoms with E-state index < -0.39 is 23.5 Å². The lowest BCUT2D eigenvalue weighted by Gasteiger charge is -2.12. The van der Waals surface area contributed by atoms with Crippen molar-refractivity contribution in [1.82, 2.24) is 20.0 Å². The van der Waals surface area contributed by atoms with Crippen LogP contribution in [0.5, 0.6) is 0 Å². The number of nitrogens with one attached hydrogen (secondary N) is 1. The highest BCUT2D eigenvalue weighted by Crippen LogP contribution is 2.33. The highest BCUT2D eigenvalue weighted by molar-refractivity contribution is 7.19. The number of benzene rings is 2. The average molecular weight is 435 g/mol. The van der Waals surface area contributed by atoms with E-state index in [0.717, 1.165) is 21.6 Å². The third kappa shape index (κ3) is 3.92. The van der Waals surface area contributed by atoms with Gasteiger partial charge in [0.2, 0.25) is 0 Å². The number of esters is 1. The fraction of sp³-hybridized carbons (Fsp3) is 0.143. The zero-order valence-electron chi connectivity index (χ0n) is 16.6. The standard InChI is InChI=1S/C21H17N5O4S/c1-12(26-19(28)14-10-6-7-11-15(14)24-25-26)18(27)23-21-22-16(20(29)30-2)17(31-21)13-8-4-3-5-9-13/h3-12H,1-2H3,(H,22,23,27)/t12-/m1/s1. The molecule has 4 aromatic rings. The quantitative estimate of drug-likeness (QED) is 0.479. The predicted octanol–water partition coefficient (Wildman–Crippen LogP) is 2.90. The highest BCUT2D eigenvalue weighted by Gasteiger charge is 2.24. The van der Waals surface area contributed by atoms with Crippen molar-refractivity contribution in [3.8, 4) is 10.4 Å². The molecular formula is C21H17N5O4S. The number of carbonyl (C=O) groups excluding carboxylic acids is 2. The number of ether oxygens (including phenoxy) is 1. The Morgan fingerprint density at radius 3 is 2.55 bits per heavy atom. The summed E-state index contributed by atoms with van der Waals surface area (Å²) in [6.45, 7) is 1.53. The van der Waals surface area contributed by atoms with E-state index in [4.69, 9.17) is 4.74 Å². The fourth-order valence-electron chi connectivity index (χ4n) is 2.97. The number of nitrogens with zero attached hydrogens (tertiary/aromatic N) is 4. The van der Waals surface area contributed by atoms with Gasteiger partial charge in [-0.1, -0.05) is 59.0 Å². The Morgan fingerprint density at radius 2 is 1.81 bits per heavy atom. The van der Waals surface area contributed by atoms with Gasteiger partial charge in [-0.05, 0) is 24.6 Å². The van der Waals surface area contributed by atoms with Gasteiger partial charge in [-0.3, -0.25) is 9.59 Å². The monoisotopic (exact) mass is 435 g/mol. The maximum atomic E-state index is 12.8. The fourth-order valence-corrected chi connectivity index (χ4v) is 3.93. The Bertz CT molecular complexity index is 1330. The van der Waals surface area contributed by atoms with E-state index in [1.807, 2.05) is 30.3 Å². The lowest BCUT2D eigenvalue weighted by molar-refractivity contribution is -0.119. The minimum Gasteiger partial charge on any atom is -0.464 e. The van der Waals surface area contributed by atoms with Gasteiger partial charge in [0, 0.05) is 0 Å². The second kappa shape index (κ2) is 8.44. The zero-order chi connectivity index (χ0) is 22.0. The van der Waals surface area contributed by atoms with Crippen LogP contribution in [0.25, 0.3) is 21.3 Å². The number of fused-ring (bicyclic) bond motifs is 1. The molecule has 9 nitrogen and oxygen atoms in total. The number of rotatable bonds is 5. The summed E-state index contributed by atoms with van der Waals surface area (Å²) in [7, 11) is 1.27. The molecule has 4 rings (SSSR count). The van der Waals surface area contributed by atoms with Crippen LogP contribution in [0.1, 0.15) is 23.5 Å². The average Bonchev–Trinajstić information content (AvgIpc) is 3.23. The Labute approximate surface area is 180 Å². The van der Waals surface area contributed by atoms with Crippen molar-refractivity contribution in [2.45, 2.75) is 13.0 Å². The van der Waals surface area contributed by atoms with Crippen molar-refractivity contribution < 1.29 is 14.3 Å².